The van der Waals surface area contributed by atoms with Crippen molar-refractivity contribution in [1.82, 2.24) is 4.98 Å². The van der Waals surface area contributed by atoms with Gasteiger partial charge in [0.2, 0.25) is 0 Å². The van der Waals surface area contributed by atoms with Crippen molar-refractivity contribution in [1.29, 1.82) is 0 Å². The van der Waals surface area contributed by atoms with Gasteiger partial charge in [-0.25, -0.2) is 9.59 Å². The Bertz CT molecular complexity index is 603. The van der Waals surface area contributed by atoms with Gasteiger partial charge in [-0.1, -0.05) is 30.3 Å². The molecule has 5 heteroatoms. The number of pyridine rings is 1. The van der Waals surface area contributed by atoms with Crippen LogP contribution in [0.2, 0.25) is 0 Å². The van der Waals surface area contributed by atoms with Crippen LogP contribution in [0.1, 0.15) is 20.7 Å². The molecule has 0 aliphatic carbocycles. The van der Waals surface area contributed by atoms with Gasteiger partial charge in [0.25, 0.3) is 0 Å². The molecular weight excluding hydrogens is 258 g/mol. The molecule has 0 radical (unpaired) electrons. The molecule has 1 heterocycles. The normalized spacial score (nSPS) is 9.90. The van der Waals surface area contributed by atoms with E-state index in [1.54, 1.807) is 12.1 Å². The molecule has 0 N–H and O–H groups in total. The van der Waals surface area contributed by atoms with Gasteiger partial charge in [-0.3, -0.25) is 4.98 Å². The van der Waals surface area contributed by atoms with Gasteiger partial charge in [-0.15, -0.1) is 0 Å². The van der Waals surface area contributed by atoms with Crippen LogP contribution in [0.25, 0.3) is 11.1 Å². The number of nitrogens with zero attached hydrogens (tertiary/aromatic N) is 1. The highest BCUT2D eigenvalue weighted by atomic mass is 16.5. The van der Waals surface area contributed by atoms with Gasteiger partial charge >= 0.3 is 11.9 Å². The van der Waals surface area contributed by atoms with Crippen LogP contribution in [0.4, 0.5) is 0 Å². The summed E-state index contributed by atoms with van der Waals surface area (Å²) >= 11 is 0. The average molecular weight is 271 g/mol. The monoisotopic (exact) mass is 271 g/mol. The molecule has 0 fully saturated rings. The number of hydrogen-bond acceptors (Lipinski definition) is 5. The van der Waals surface area contributed by atoms with Crippen LogP contribution < -0.4 is 0 Å². The van der Waals surface area contributed by atoms with Gasteiger partial charge < -0.3 is 9.47 Å². The molecule has 1 aromatic heterocycles. The van der Waals surface area contributed by atoms with Crippen molar-refractivity contribution < 1.29 is 19.1 Å². The topological polar surface area (TPSA) is 65.5 Å². The predicted molar refractivity (Wildman–Crippen MR) is 72.4 cm³/mol. The molecule has 0 bridgehead atoms. The third kappa shape index (κ3) is 2.51. The van der Waals surface area contributed by atoms with Crippen LogP contribution in [-0.2, 0) is 9.47 Å². The summed E-state index contributed by atoms with van der Waals surface area (Å²) in [5, 5.41) is 0. The first kappa shape index (κ1) is 13.7. The quantitative estimate of drug-likeness (QED) is 0.801. The summed E-state index contributed by atoms with van der Waals surface area (Å²) in [6.45, 7) is 0. The fourth-order valence-corrected chi connectivity index (χ4v) is 1.91. The standard InChI is InChI=1S/C15H13NO4/c1-19-14(17)11-8-16-9-12(15(18)20-2)13(11)10-6-4-3-5-7-10/h3-9H,1-2H3. The molecule has 0 aliphatic rings. The van der Waals surface area contributed by atoms with E-state index in [1.165, 1.54) is 26.6 Å². The summed E-state index contributed by atoms with van der Waals surface area (Å²) in [6, 6.07) is 9.08. The first-order valence-corrected chi connectivity index (χ1v) is 5.89. The second-order valence-electron chi connectivity index (χ2n) is 3.96. The maximum atomic E-state index is 11.9. The highest BCUT2D eigenvalue weighted by Crippen LogP contribution is 2.28. The van der Waals surface area contributed by atoms with E-state index < -0.39 is 11.9 Å². The Morgan fingerprint density at radius 1 is 0.900 bits per heavy atom. The van der Waals surface area contributed by atoms with Crippen molar-refractivity contribution >= 4 is 11.9 Å². The van der Waals surface area contributed by atoms with E-state index in [4.69, 9.17) is 9.47 Å². The lowest BCUT2D eigenvalue weighted by Crippen LogP contribution is -2.11. The Morgan fingerprint density at radius 3 is 1.85 bits per heavy atom. The molecule has 5 nitrogen and oxygen atoms in total. The Morgan fingerprint density at radius 2 is 1.40 bits per heavy atom. The Hall–Kier alpha value is -2.69. The zero-order chi connectivity index (χ0) is 14.5. The molecule has 2 aromatic rings. The second-order valence-corrected chi connectivity index (χ2v) is 3.96. The Balaban J connectivity index is 2.72. The number of aromatic nitrogens is 1. The highest BCUT2D eigenvalue weighted by molar-refractivity contribution is 6.05. The number of methoxy groups -OCH3 is 2. The molecule has 0 amide bonds. The van der Waals surface area contributed by atoms with E-state index in [0.717, 1.165) is 5.56 Å². The van der Waals surface area contributed by atoms with Crippen molar-refractivity contribution in [2.24, 2.45) is 0 Å². The Kier molecular flexibility index (Phi) is 4.10. The molecule has 1 aromatic carbocycles. The van der Waals surface area contributed by atoms with Crippen LogP contribution in [0, 0.1) is 0 Å². The van der Waals surface area contributed by atoms with Crippen LogP contribution in [0.15, 0.2) is 42.7 Å². The van der Waals surface area contributed by atoms with E-state index in [0.29, 0.717) is 5.56 Å². The third-order valence-electron chi connectivity index (χ3n) is 2.82. The fraction of sp³-hybridized carbons (Fsp3) is 0.133. The van der Waals surface area contributed by atoms with E-state index in [1.807, 2.05) is 18.2 Å². The van der Waals surface area contributed by atoms with Gasteiger partial charge in [-0.05, 0) is 5.56 Å². The molecule has 0 unspecified atom stereocenters. The molecule has 102 valence electrons. The first-order chi connectivity index (χ1) is 9.69. The molecule has 20 heavy (non-hydrogen) atoms. The minimum absolute atomic E-state index is 0.224. The highest BCUT2D eigenvalue weighted by Gasteiger charge is 2.21. The van der Waals surface area contributed by atoms with Crippen molar-refractivity contribution in [3.63, 3.8) is 0 Å². The maximum Gasteiger partial charge on any atom is 0.340 e. The molecule has 0 aliphatic heterocycles. The largest absolute Gasteiger partial charge is 0.465 e. The second kappa shape index (κ2) is 5.97. The van der Waals surface area contributed by atoms with Gasteiger partial charge in [0.15, 0.2) is 0 Å². The number of ether oxygens (including phenoxy) is 2. The van der Waals surface area contributed by atoms with Gasteiger partial charge in [0, 0.05) is 18.0 Å². The molecule has 0 saturated carbocycles. The zero-order valence-corrected chi connectivity index (χ0v) is 11.1. The average Bonchev–Trinajstić information content (AvgIpc) is 2.53. The predicted octanol–water partition coefficient (Wildman–Crippen LogP) is 2.32. The minimum Gasteiger partial charge on any atom is -0.465 e. The fourth-order valence-electron chi connectivity index (χ4n) is 1.91. The van der Waals surface area contributed by atoms with Crippen LogP contribution in [-0.4, -0.2) is 31.1 Å². The number of esters is 2. The maximum absolute atomic E-state index is 11.9. The van der Waals surface area contributed by atoms with Gasteiger partial charge in [-0.2, -0.15) is 0 Å². The lowest BCUT2D eigenvalue weighted by Gasteiger charge is -2.11. The van der Waals surface area contributed by atoms with Crippen molar-refractivity contribution in [3.05, 3.63) is 53.9 Å². The van der Waals surface area contributed by atoms with E-state index in [9.17, 15) is 9.59 Å². The van der Waals surface area contributed by atoms with Crippen molar-refractivity contribution in [2.45, 2.75) is 0 Å². The summed E-state index contributed by atoms with van der Waals surface area (Å²) in [4.78, 5) is 27.6. The number of hydrogen-bond donors (Lipinski definition) is 0. The molecule has 0 atom stereocenters. The molecule has 0 spiro atoms. The molecule has 0 saturated heterocycles. The summed E-state index contributed by atoms with van der Waals surface area (Å²) in [6.07, 6.45) is 2.75. The zero-order valence-electron chi connectivity index (χ0n) is 11.1. The van der Waals surface area contributed by atoms with Crippen LogP contribution in [0.5, 0.6) is 0 Å². The van der Waals surface area contributed by atoms with E-state index >= 15 is 0 Å². The number of carbonyl (C=O) groups is 2. The first-order valence-electron chi connectivity index (χ1n) is 5.89. The lowest BCUT2D eigenvalue weighted by molar-refractivity contribution is 0.0600. The van der Waals surface area contributed by atoms with Crippen LogP contribution in [0.3, 0.4) is 0 Å². The SMILES string of the molecule is COC(=O)c1cncc(C(=O)OC)c1-c1ccccc1. The molecule has 2 rings (SSSR count). The Labute approximate surface area is 116 Å². The minimum atomic E-state index is -0.554. The molecular formula is C15H13NO4. The smallest absolute Gasteiger partial charge is 0.340 e. The summed E-state index contributed by atoms with van der Waals surface area (Å²) in [5.41, 5.74) is 1.62. The van der Waals surface area contributed by atoms with Crippen molar-refractivity contribution in [3.8, 4) is 11.1 Å². The summed E-state index contributed by atoms with van der Waals surface area (Å²) in [5.74, 6) is -1.11. The van der Waals surface area contributed by atoms with Crippen LogP contribution >= 0.6 is 0 Å². The van der Waals surface area contributed by atoms with E-state index in [-0.39, 0.29) is 11.1 Å². The van der Waals surface area contributed by atoms with Gasteiger partial charge in [0.05, 0.1) is 25.3 Å². The lowest BCUT2D eigenvalue weighted by atomic mass is 9.96. The number of benzene rings is 1. The summed E-state index contributed by atoms with van der Waals surface area (Å²) < 4.78 is 9.47. The number of carbonyl (C=O) groups excluding carboxylic acids is 2. The van der Waals surface area contributed by atoms with Crippen molar-refractivity contribution in [2.75, 3.05) is 14.2 Å². The third-order valence-corrected chi connectivity index (χ3v) is 2.82. The summed E-state index contributed by atoms with van der Waals surface area (Å²) in [7, 11) is 2.56. The van der Waals surface area contributed by atoms with Gasteiger partial charge in [0.1, 0.15) is 0 Å². The number of rotatable bonds is 3. The van der Waals surface area contributed by atoms with E-state index in [2.05, 4.69) is 4.98 Å².